The lowest BCUT2D eigenvalue weighted by atomic mass is 9.90. The number of nitrogens with zero attached hydrogens (tertiary/aromatic N) is 2. The molecule has 0 saturated heterocycles. The summed E-state index contributed by atoms with van der Waals surface area (Å²) in [4.78, 5) is 4.17. The maximum Gasteiger partial charge on any atom is 0.0999 e. The van der Waals surface area contributed by atoms with Gasteiger partial charge in [0.15, 0.2) is 0 Å². The average Bonchev–Trinajstić information content (AvgIpc) is 2.46. The predicted octanol–water partition coefficient (Wildman–Crippen LogP) is 3.75. The van der Waals surface area contributed by atoms with Crippen molar-refractivity contribution in [3.8, 4) is 17.2 Å². The van der Waals surface area contributed by atoms with Gasteiger partial charge in [0, 0.05) is 18.0 Å². The van der Waals surface area contributed by atoms with E-state index < -0.39 is 0 Å². The van der Waals surface area contributed by atoms with E-state index in [9.17, 15) is 5.26 Å². The van der Waals surface area contributed by atoms with Crippen LogP contribution in [0.4, 0.5) is 0 Å². The van der Waals surface area contributed by atoms with E-state index in [0.717, 1.165) is 18.4 Å². The second-order valence-corrected chi connectivity index (χ2v) is 4.19. The summed E-state index contributed by atoms with van der Waals surface area (Å²) in [6.07, 6.45) is 5.39. The molecule has 0 bridgehead atoms. The summed E-state index contributed by atoms with van der Waals surface area (Å²) < 4.78 is 0. The van der Waals surface area contributed by atoms with Crippen LogP contribution in [0.1, 0.15) is 30.5 Å². The van der Waals surface area contributed by atoms with Crippen molar-refractivity contribution >= 4 is 0 Å². The molecule has 0 saturated carbocycles. The quantitative estimate of drug-likeness (QED) is 0.813. The second-order valence-electron chi connectivity index (χ2n) is 4.19. The lowest BCUT2D eigenvalue weighted by Gasteiger charge is -2.14. The largest absolute Gasteiger partial charge is 0.264 e. The Labute approximate surface area is 108 Å². The molecule has 2 nitrogen and oxygen atoms in total. The molecule has 0 N–H and O–H groups in total. The fourth-order valence-corrected chi connectivity index (χ4v) is 2.28. The number of pyridine rings is 1. The van der Waals surface area contributed by atoms with Crippen molar-refractivity contribution < 1.29 is 0 Å². The summed E-state index contributed by atoms with van der Waals surface area (Å²) in [5.41, 5.74) is 5.39. The van der Waals surface area contributed by atoms with Crippen molar-refractivity contribution in [1.29, 1.82) is 5.26 Å². The summed E-state index contributed by atoms with van der Waals surface area (Å²) in [7, 11) is 0. The van der Waals surface area contributed by atoms with Gasteiger partial charge in [-0.1, -0.05) is 32.0 Å². The highest BCUT2D eigenvalue weighted by molar-refractivity contribution is 5.75. The first-order valence-corrected chi connectivity index (χ1v) is 6.27. The fraction of sp³-hybridized carbons (Fsp3) is 0.250. The van der Waals surface area contributed by atoms with Crippen LogP contribution in [-0.4, -0.2) is 4.98 Å². The highest BCUT2D eigenvalue weighted by Crippen LogP contribution is 2.30. The van der Waals surface area contributed by atoms with Crippen molar-refractivity contribution in [2.45, 2.75) is 26.7 Å². The standard InChI is InChI=1S/C16H16N2/c1-3-12-6-5-7-13(4-2)16(12)15-11-18-9-8-14(15)10-17/h5-9,11H,3-4H2,1-2H3. The summed E-state index contributed by atoms with van der Waals surface area (Å²) in [5.74, 6) is 0. The van der Waals surface area contributed by atoms with Crippen molar-refractivity contribution in [3.63, 3.8) is 0 Å². The van der Waals surface area contributed by atoms with Crippen LogP contribution in [0.5, 0.6) is 0 Å². The topological polar surface area (TPSA) is 36.7 Å². The highest BCUT2D eigenvalue weighted by atomic mass is 14.6. The number of benzene rings is 1. The Morgan fingerprint density at radius 2 is 1.78 bits per heavy atom. The second kappa shape index (κ2) is 5.46. The molecule has 2 aromatic rings. The van der Waals surface area contributed by atoms with Crippen LogP contribution in [0.25, 0.3) is 11.1 Å². The molecular formula is C16H16N2. The molecule has 0 aliphatic heterocycles. The molecule has 0 spiro atoms. The molecular weight excluding hydrogens is 220 g/mol. The Hall–Kier alpha value is -2.14. The van der Waals surface area contributed by atoms with Gasteiger partial charge in [-0.3, -0.25) is 4.98 Å². The first-order chi connectivity index (χ1) is 8.81. The first kappa shape index (κ1) is 12.3. The minimum Gasteiger partial charge on any atom is -0.264 e. The third kappa shape index (κ3) is 2.12. The van der Waals surface area contributed by atoms with Gasteiger partial charge in [-0.2, -0.15) is 5.26 Å². The lowest BCUT2D eigenvalue weighted by molar-refractivity contribution is 1.09. The van der Waals surface area contributed by atoms with E-state index in [1.54, 1.807) is 18.5 Å². The Kier molecular flexibility index (Phi) is 3.74. The van der Waals surface area contributed by atoms with Gasteiger partial charge in [0.2, 0.25) is 0 Å². The predicted molar refractivity (Wildman–Crippen MR) is 73.1 cm³/mol. The SMILES string of the molecule is CCc1cccc(CC)c1-c1cnccc1C#N. The van der Waals surface area contributed by atoms with Crippen LogP contribution >= 0.6 is 0 Å². The Bertz CT molecular complexity index is 572. The number of rotatable bonds is 3. The van der Waals surface area contributed by atoms with E-state index in [1.165, 1.54) is 16.7 Å². The first-order valence-electron chi connectivity index (χ1n) is 6.27. The molecule has 90 valence electrons. The highest BCUT2D eigenvalue weighted by Gasteiger charge is 2.12. The van der Waals surface area contributed by atoms with Crippen LogP contribution in [0, 0.1) is 11.3 Å². The fourth-order valence-electron chi connectivity index (χ4n) is 2.28. The average molecular weight is 236 g/mol. The summed E-state index contributed by atoms with van der Waals surface area (Å²) in [5, 5.41) is 9.23. The number of hydrogen-bond donors (Lipinski definition) is 0. The van der Waals surface area contributed by atoms with Gasteiger partial charge in [0.25, 0.3) is 0 Å². The summed E-state index contributed by atoms with van der Waals surface area (Å²) >= 11 is 0. The zero-order chi connectivity index (χ0) is 13.0. The molecule has 1 heterocycles. The molecule has 2 heteroatoms. The Balaban J connectivity index is 2.74. The van der Waals surface area contributed by atoms with E-state index in [2.05, 4.69) is 43.1 Å². The van der Waals surface area contributed by atoms with Gasteiger partial charge >= 0.3 is 0 Å². The minimum absolute atomic E-state index is 0.695. The number of aryl methyl sites for hydroxylation is 2. The zero-order valence-corrected chi connectivity index (χ0v) is 10.8. The van der Waals surface area contributed by atoms with E-state index in [-0.39, 0.29) is 0 Å². The van der Waals surface area contributed by atoms with Crippen LogP contribution < -0.4 is 0 Å². The Morgan fingerprint density at radius 3 is 2.33 bits per heavy atom. The minimum atomic E-state index is 0.695. The van der Waals surface area contributed by atoms with Crippen molar-refractivity contribution in [1.82, 2.24) is 4.98 Å². The molecule has 0 radical (unpaired) electrons. The molecule has 0 atom stereocenters. The molecule has 0 fully saturated rings. The molecule has 2 rings (SSSR count). The molecule has 1 aromatic heterocycles. The van der Waals surface area contributed by atoms with Gasteiger partial charge in [-0.05, 0) is 35.6 Å². The van der Waals surface area contributed by atoms with Crippen LogP contribution in [-0.2, 0) is 12.8 Å². The van der Waals surface area contributed by atoms with Crippen LogP contribution in [0.15, 0.2) is 36.7 Å². The third-order valence-electron chi connectivity index (χ3n) is 3.21. The van der Waals surface area contributed by atoms with Gasteiger partial charge in [-0.15, -0.1) is 0 Å². The maximum absolute atomic E-state index is 9.23. The monoisotopic (exact) mass is 236 g/mol. The lowest BCUT2D eigenvalue weighted by Crippen LogP contribution is -1.96. The summed E-state index contributed by atoms with van der Waals surface area (Å²) in [6.45, 7) is 4.28. The number of hydrogen-bond acceptors (Lipinski definition) is 2. The van der Waals surface area contributed by atoms with Crippen molar-refractivity contribution in [2.75, 3.05) is 0 Å². The Morgan fingerprint density at radius 1 is 1.11 bits per heavy atom. The van der Waals surface area contributed by atoms with Crippen LogP contribution in [0.3, 0.4) is 0 Å². The van der Waals surface area contributed by atoms with Gasteiger partial charge < -0.3 is 0 Å². The molecule has 1 aromatic carbocycles. The molecule has 0 amide bonds. The number of aromatic nitrogens is 1. The molecule has 0 aliphatic rings. The van der Waals surface area contributed by atoms with Gasteiger partial charge in [-0.25, -0.2) is 0 Å². The molecule has 0 unspecified atom stereocenters. The van der Waals surface area contributed by atoms with Gasteiger partial charge in [0.05, 0.1) is 11.6 Å². The third-order valence-corrected chi connectivity index (χ3v) is 3.21. The van der Waals surface area contributed by atoms with E-state index >= 15 is 0 Å². The summed E-state index contributed by atoms with van der Waals surface area (Å²) in [6, 6.07) is 10.4. The zero-order valence-electron chi connectivity index (χ0n) is 10.8. The van der Waals surface area contributed by atoms with E-state index in [0.29, 0.717) is 5.56 Å². The van der Waals surface area contributed by atoms with Crippen molar-refractivity contribution in [2.24, 2.45) is 0 Å². The van der Waals surface area contributed by atoms with E-state index in [4.69, 9.17) is 0 Å². The number of nitriles is 1. The maximum atomic E-state index is 9.23. The van der Waals surface area contributed by atoms with Crippen molar-refractivity contribution in [3.05, 3.63) is 53.3 Å². The van der Waals surface area contributed by atoms with Crippen LogP contribution in [0.2, 0.25) is 0 Å². The normalized spacial score (nSPS) is 10.1. The smallest absolute Gasteiger partial charge is 0.0999 e. The molecule has 0 aliphatic carbocycles. The molecule has 18 heavy (non-hydrogen) atoms. The van der Waals surface area contributed by atoms with Gasteiger partial charge in [0.1, 0.15) is 0 Å². The van der Waals surface area contributed by atoms with E-state index in [1.807, 2.05) is 0 Å².